The number of hydrogen-bond acceptors (Lipinski definition) is 2. The fourth-order valence-corrected chi connectivity index (χ4v) is 9.99. The third-order valence-electron chi connectivity index (χ3n) is 12.6. The maximum absolute atomic E-state index is 6.24. The van der Waals surface area contributed by atoms with E-state index in [4.69, 9.17) is 25.3 Å². The van der Waals surface area contributed by atoms with E-state index in [0.29, 0.717) is 47.3 Å². The second kappa shape index (κ2) is 22.5. The average molecular weight is 925 g/mol. The van der Waals surface area contributed by atoms with Crippen LogP contribution in [0.1, 0.15) is 203 Å². The molecule has 0 N–H and O–H groups in total. The van der Waals surface area contributed by atoms with Crippen molar-refractivity contribution in [2.24, 2.45) is 0 Å². The molecule has 0 aliphatic heterocycles. The molecule has 0 aliphatic rings. The molecule has 0 nitrogen and oxygen atoms in total. The van der Waals surface area contributed by atoms with E-state index in [9.17, 15) is 0 Å². The summed E-state index contributed by atoms with van der Waals surface area (Å²) in [4.78, 5) is 1.96. The molecular formula is C60H74S2Zn. The molecule has 63 heavy (non-hydrogen) atoms. The monoisotopic (exact) mass is 922 g/mol. The first-order chi connectivity index (χ1) is 29.3. The molecular weight excluding hydrogens is 850 g/mol. The Balaban J connectivity index is 0.000000272. The second-order valence-electron chi connectivity index (χ2n) is 19.8. The van der Waals surface area contributed by atoms with Gasteiger partial charge in [-0.15, -0.1) is 0 Å². The van der Waals surface area contributed by atoms with Crippen LogP contribution in [0.2, 0.25) is 0 Å². The molecule has 0 aromatic heterocycles. The van der Waals surface area contributed by atoms with Crippen LogP contribution in [-0.2, 0) is 44.7 Å². The van der Waals surface area contributed by atoms with Crippen LogP contribution in [0, 0.1) is 0 Å². The van der Waals surface area contributed by atoms with E-state index in [1.165, 1.54) is 89.0 Å². The van der Waals surface area contributed by atoms with Gasteiger partial charge in [-0.25, -0.2) is 0 Å². The van der Waals surface area contributed by atoms with E-state index >= 15 is 0 Å². The van der Waals surface area contributed by atoms with Crippen molar-refractivity contribution in [1.29, 1.82) is 0 Å². The number of rotatable bonds is 12. The normalized spacial score (nSPS) is 11.7. The van der Waals surface area contributed by atoms with E-state index in [0.717, 1.165) is 9.79 Å². The SMILES string of the molecule is CC(C)c1cccc(C(C)C)c1-c1cccc(-c2c(C(C)C)cccc2C(C)C)c1[S-].CC(C)c1cccc(C(C)C)c1-c1cccc(-c2c(C(C)C)cccc2C(C)C)c1[S-].[Zn+2]. The molecule has 0 bridgehead atoms. The first kappa shape index (κ1) is 52.0. The van der Waals surface area contributed by atoms with Crippen LogP contribution in [0.3, 0.4) is 0 Å². The van der Waals surface area contributed by atoms with Crippen molar-refractivity contribution in [2.45, 2.75) is 168 Å². The Labute approximate surface area is 408 Å². The van der Waals surface area contributed by atoms with E-state index in [2.05, 4.69) is 220 Å². The number of hydrogen-bond donors (Lipinski definition) is 0. The van der Waals surface area contributed by atoms with Crippen molar-refractivity contribution in [2.75, 3.05) is 0 Å². The summed E-state index contributed by atoms with van der Waals surface area (Å²) in [6.45, 7) is 36.5. The van der Waals surface area contributed by atoms with Gasteiger partial charge in [-0.05, 0) is 136 Å². The van der Waals surface area contributed by atoms with Gasteiger partial charge in [0.05, 0.1) is 0 Å². The molecule has 6 aromatic carbocycles. The van der Waals surface area contributed by atoms with Crippen LogP contribution in [0.15, 0.2) is 119 Å². The van der Waals surface area contributed by atoms with Crippen molar-refractivity contribution >= 4 is 25.3 Å². The van der Waals surface area contributed by atoms with Crippen LogP contribution in [0.4, 0.5) is 0 Å². The van der Waals surface area contributed by atoms with Crippen LogP contribution < -0.4 is 0 Å². The van der Waals surface area contributed by atoms with Crippen LogP contribution in [-0.4, -0.2) is 0 Å². The molecule has 3 heteroatoms. The Hall–Kier alpha value is -3.62. The molecule has 0 atom stereocenters. The van der Waals surface area contributed by atoms with Crippen molar-refractivity contribution in [1.82, 2.24) is 0 Å². The molecule has 0 heterocycles. The maximum Gasteiger partial charge on any atom is 2.00 e. The summed E-state index contributed by atoms with van der Waals surface area (Å²) in [5, 5.41) is 0. The van der Waals surface area contributed by atoms with Crippen molar-refractivity contribution < 1.29 is 19.5 Å². The number of benzene rings is 6. The quantitative estimate of drug-likeness (QED) is 0.0886. The minimum Gasteiger partial charge on any atom is -0.779 e. The molecule has 0 saturated heterocycles. The zero-order valence-electron chi connectivity index (χ0n) is 41.5. The van der Waals surface area contributed by atoms with Gasteiger partial charge >= 0.3 is 19.5 Å². The molecule has 6 aromatic rings. The first-order valence-corrected chi connectivity index (χ1v) is 24.2. The van der Waals surface area contributed by atoms with E-state index in [1.54, 1.807) is 0 Å². The Bertz CT molecular complexity index is 2020. The minimum absolute atomic E-state index is 0. The van der Waals surface area contributed by atoms with E-state index in [1.807, 2.05) is 0 Å². The largest absolute Gasteiger partial charge is 2.00 e. The van der Waals surface area contributed by atoms with Crippen molar-refractivity contribution in [3.63, 3.8) is 0 Å². The Morgan fingerprint density at radius 1 is 0.238 bits per heavy atom. The predicted octanol–water partition coefficient (Wildman–Crippen LogP) is 18.8. The van der Waals surface area contributed by atoms with Gasteiger partial charge in [0, 0.05) is 0 Å². The van der Waals surface area contributed by atoms with Gasteiger partial charge in [-0.1, -0.05) is 220 Å². The van der Waals surface area contributed by atoms with Crippen molar-refractivity contribution in [3.05, 3.63) is 154 Å². The summed E-state index contributed by atoms with van der Waals surface area (Å²) < 4.78 is 0. The Morgan fingerprint density at radius 2 is 0.365 bits per heavy atom. The molecule has 0 unspecified atom stereocenters. The van der Waals surface area contributed by atoms with Gasteiger partial charge in [-0.3, -0.25) is 0 Å². The van der Waals surface area contributed by atoms with Crippen LogP contribution in [0.5, 0.6) is 0 Å². The summed E-state index contributed by atoms with van der Waals surface area (Å²) >= 11 is 12.5. The van der Waals surface area contributed by atoms with Gasteiger partial charge in [-0.2, -0.15) is 9.79 Å². The summed E-state index contributed by atoms with van der Waals surface area (Å²) in [7, 11) is 0. The fraction of sp³-hybridized carbons (Fsp3) is 0.400. The summed E-state index contributed by atoms with van der Waals surface area (Å²) in [5.41, 5.74) is 21.3. The maximum atomic E-state index is 6.24. The molecule has 0 radical (unpaired) electrons. The topological polar surface area (TPSA) is 0 Å². The zero-order chi connectivity index (χ0) is 45.7. The summed E-state index contributed by atoms with van der Waals surface area (Å²) in [6, 6.07) is 40.3. The van der Waals surface area contributed by atoms with Gasteiger partial charge < -0.3 is 25.3 Å². The fourth-order valence-electron chi connectivity index (χ4n) is 9.31. The molecule has 0 amide bonds. The summed E-state index contributed by atoms with van der Waals surface area (Å²) in [6.07, 6.45) is 0. The summed E-state index contributed by atoms with van der Waals surface area (Å²) in [5.74, 6) is 3.56. The van der Waals surface area contributed by atoms with E-state index < -0.39 is 0 Å². The molecule has 0 aliphatic carbocycles. The van der Waals surface area contributed by atoms with Crippen LogP contribution >= 0.6 is 0 Å². The molecule has 0 saturated carbocycles. The molecule has 328 valence electrons. The van der Waals surface area contributed by atoms with Gasteiger partial charge in [0.25, 0.3) is 0 Å². The van der Waals surface area contributed by atoms with Crippen molar-refractivity contribution in [3.8, 4) is 44.5 Å². The Kier molecular flexibility index (Phi) is 18.6. The molecule has 0 fully saturated rings. The van der Waals surface area contributed by atoms with Crippen LogP contribution in [0.25, 0.3) is 44.5 Å². The minimum atomic E-state index is 0. The average Bonchev–Trinajstić information content (AvgIpc) is 3.22. The predicted molar refractivity (Wildman–Crippen MR) is 279 cm³/mol. The zero-order valence-corrected chi connectivity index (χ0v) is 46.1. The third-order valence-corrected chi connectivity index (χ3v) is 13.5. The van der Waals surface area contributed by atoms with Gasteiger partial charge in [0.2, 0.25) is 0 Å². The Morgan fingerprint density at radius 3 is 0.492 bits per heavy atom. The first-order valence-electron chi connectivity index (χ1n) is 23.4. The third kappa shape index (κ3) is 11.3. The smallest absolute Gasteiger partial charge is 0.779 e. The molecule has 0 spiro atoms. The molecule has 6 rings (SSSR count). The second-order valence-corrected chi connectivity index (χ2v) is 20.7. The van der Waals surface area contributed by atoms with E-state index in [-0.39, 0.29) is 19.5 Å². The van der Waals surface area contributed by atoms with Gasteiger partial charge in [0.1, 0.15) is 0 Å². The van der Waals surface area contributed by atoms with Gasteiger partial charge in [0.15, 0.2) is 0 Å². The standard InChI is InChI=1S/2C30H38S.Zn/c2*1-18(2)22-12-9-13-23(19(3)4)28(22)26-16-11-17-27(30(26)31)29-24(20(5)6)14-10-15-25(29)21(7)8;/h2*9-21,31H,1-8H3;/q;;+2/p-2.